The lowest BCUT2D eigenvalue weighted by atomic mass is 10.3. The van der Waals surface area contributed by atoms with Gasteiger partial charge in [0.05, 0.1) is 5.69 Å². The third-order valence-electron chi connectivity index (χ3n) is 3.41. The van der Waals surface area contributed by atoms with Gasteiger partial charge in [-0.25, -0.2) is 9.59 Å². The first kappa shape index (κ1) is 19.4. The zero-order valence-electron chi connectivity index (χ0n) is 13.6. The summed E-state index contributed by atoms with van der Waals surface area (Å²) in [5.74, 6) is -2.51. The van der Waals surface area contributed by atoms with E-state index in [-0.39, 0.29) is 5.43 Å². The van der Waals surface area contributed by atoms with E-state index in [1.165, 1.54) is 0 Å². The van der Waals surface area contributed by atoms with Crippen molar-refractivity contribution in [2.24, 2.45) is 0 Å². The molecule has 1 aliphatic rings. The fourth-order valence-corrected chi connectivity index (χ4v) is 2.21. The Bertz CT molecular complexity index is 629. The number of carbonyl (C=O) groups is 2. The average molecular weight is 334 g/mol. The molecule has 0 amide bonds. The van der Waals surface area contributed by atoms with Gasteiger partial charge in [-0.2, -0.15) is 0 Å². The Balaban J connectivity index is 0.000000307. The monoisotopic (exact) mass is 334 g/mol. The van der Waals surface area contributed by atoms with E-state index in [0.717, 1.165) is 38.3 Å². The highest BCUT2D eigenvalue weighted by Gasteiger charge is 2.13. The van der Waals surface area contributed by atoms with E-state index in [2.05, 4.69) is 16.8 Å². The maximum atomic E-state index is 11.9. The Morgan fingerprint density at radius 2 is 1.58 bits per heavy atom. The molecule has 1 aromatic carbocycles. The van der Waals surface area contributed by atoms with Crippen molar-refractivity contribution in [2.75, 3.05) is 38.1 Å². The number of carboxylic acid groups (broad SMARTS) is 2. The van der Waals surface area contributed by atoms with Crippen LogP contribution in [0, 0.1) is 0 Å². The molecule has 24 heavy (non-hydrogen) atoms. The van der Waals surface area contributed by atoms with E-state index >= 15 is 0 Å². The molecule has 1 aliphatic heterocycles. The minimum atomic E-state index is -1.26. The molecule has 2 N–H and O–H groups in total. The topological polar surface area (TPSA) is 98.2 Å². The molecule has 0 saturated carbocycles. The molecule has 1 saturated heterocycles. The number of likely N-dealkylation sites (N-methyl/N-ethyl adjacent to an activating group) is 1. The number of hydrogen-bond acceptors (Lipinski definition) is 5. The van der Waals surface area contributed by atoms with Crippen LogP contribution in [-0.4, -0.2) is 60.3 Å². The Hall–Kier alpha value is -2.67. The molecule has 1 aromatic rings. The number of aliphatic carboxylic acids is 2. The Kier molecular flexibility index (Phi) is 8.21. The Labute approximate surface area is 140 Å². The van der Waals surface area contributed by atoms with E-state index in [9.17, 15) is 14.4 Å². The van der Waals surface area contributed by atoms with Crippen LogP contribution < -0.4 is 10.3 Å². The molecule has 0 aliphatic carbocycles. The van der Waals surface area contributed by atoms with Gasteiger partial charge in [-0.05, 0) is 32.1 Å². The molecule has 130 valence electrons. The van der Waals surface area contributed by atoms with Crippen LogP contribution in [0.2, 0.25) is 0 Å². The molecule has 7 nitrogen and oxygen atoms in total. The summed E-state index contributed by atoms with van der Waals surface area (Å²) in [6, 6.07) is 9.20. The van der Waals surface area contributed by atoms with Gasteiger partial charge in [0.2, 0.25) is 5.43 Å². The van der Waals surface area contributed by atoms with Gasteiger partial charge >= 0.3 is 11.9 Å². The van der Waals surface area contributed by atoms with Crippen LogP contribution in [0.4, 0.5) is 5.69 Å². The lowest BCUT2D eigenvalue weighted by molar-refractivity contribution is -0.134. The second kappa shape index (κ2) is 10.2. The fourth-order valence-electron chi connectivity index (χ4n) is 2.21. The Morgan fingerprint density at radius 1 is 0.958 bits per heavy atom. The van der Waals surface area contributed by atoms with Crippen LogP contribution in [0.1, 0.15) is 6.42 Å². The number of rotatable bonds is 3. The van der Waals surface area contributed by atoms with Crippen LogP contribution in [0.15, 0.2) is 47.3 Å². The Morgan fingerprint density at radius 3 is 2.21 bits per heavy atom. The highest BCUT2D eigenvalue weighted by Crippen LogP contribution is 2.10. The molecule has 2 rings (SSSR count). The fraction of sp³-hybridized carbons (Fsp3) is 0.353. The highest BCUT2D eigenvalue weighted by molar-refractivity contribution is 5.89. The highest BCUT2D eigenvalue weighted by atomic mass is 16.4. The molecule has 0 bridgehead atoms. The number of anilines is 1. The van der Waals surface area contributed by atoms with Gasteiger partial charge in [0.1, 0.15) is 0 Å². The van der Waals surface area contributed by atoms with Gasteiger partial charge in [-0.3, -0.25) is 4.79 Å². The summed E-state index contributed by atoms with van der Waals surface area (Å²) in [7, 11) is 2.13. The summed E-state index contributed by atoms with van der Waals surface area (Å²) in [6.07, 6.45) is 2.24. The molecule has 0 aromatic heterocycles. The zero-order chi connectivity index (χ0) is 17.9. The first-order chi connectivity index (χ1) is 11.4. The van der Waals surface area contributed by atoms with E-state index in [1.807, 2.05) is 18.2 Å². The van der Waals surface area contributed by atoms with Crippen LogP contribution in [0.3, 0.4) is 0 Å². The lowest BCUT2D eigenvalue weighted by Gasteiger charge is -2.21. The largest absolute Gasteiger partial charge is 0.478 e. The molecular weight excluding hydrogens is 312 g/mol. The first-order valence-corrected chi connectivity index (χ1v) is 7.57. The predicted octanol–water partition coefficient (Wildman–Crippen LogP) is 0.900. The summed E-state index contributed by atoms with van der Waals surface area (Å²) < 4.78 is 0. The van der Waals surface area contributed by atoms with Gasteiger partial charge in [0.15, 0.2) is 0 Å². The van der Waals surface area contributed by atoms with E-state index < -0.39 is 11.9 Å². The summed E-state index contributed by atoms with van der Waals surface area (Å²) in [5.41, 5.74) is 0.954. The second-order valence-corrected chi connectivity index (χ2v) is 5.31. The van der Waals surface area contributed by atoms with Crippen LogP contribution >= 0.6 is 0 Å². The third kappa shape index (κ3) is 7.55. The van der Waals surface area contributed by atoms with Crippen molar-refractivity contribution in [1.82, 2.24) is 4.90 Å². The molecule has 0 radical (unpaired) electrons. The summed E-state index contributed by atoms with van der Waals surface area (Å²) in [4.78, 5) is 35.5. The van der Waals surface area contributed by atoms with Crippen molar-refractivity contribution in [3.63, 3.8) is 0 Å². The average Bonchev–Trinajstić information content (AvgIpc) is 2.86. The SMILES string of the molecule is CN1CCCN(c2cccccc2=O)CC1.O=C(O)/C=C\C(=O)O. The van der Waals surface area contributed by atoms with E-state index in [4.69, 9.17) is 10.2 Å². The molecule has 0 atom stereocenters. The number of hydrogen-bond donors (Lipinski definition) is 2. The normalized spacial score (nSPS) is 15.3. The van der Waals surface area contributed by atoms with Crippen LogP contribution in [0.5, 0.6) is 0 Å². The predicted molar refractivity (Wildman–Crippen MR) is 91.5 cm³/mol. The maximum Gasteiger partial charge on any atom is 0.328 e. The summed E-state index contributed by atoms with van der Waals surface area (Å²) >= 11 is 0. The molecule has 1 fully saturated rings. The van der Waals surface area contributed by atoms with Crippen molar-refractivity contribution in [2.45, 2.75) is 6.42 Å². The van der Waals surface area contributed by atoms with Crippen molar-refractivity contribution in [3.05, 3.63) is 52.7 Å². The lowest BCUT2D eigenvalue weighted by Crippen LogP contribution is -2.31. The minimum absolute atomic E-state index is 0.120. The third-order valence-corrected chi connectivity index (χ3v) is 3.41. The molecule has 1 heterocycles. The molecule has 0 spiro atoms. The minimum Gasteiger partial charge on any atom is -0.478 e. The number of carboxylic acids is 2. The molecule has 0 unspecified atom stereocenters. The number of nitrogens with zero attached hydrogens (tertiary/aromatic N) is 2. The van der Waals surface area contributed by atoms with E-state index in [0.29, 0.717) is 12.2 Å². The molecular formula is C17H22N2O5. The summed E-state index contributed by atoms with van der Waals surface area (Å²) in [5, 5.41) is 15.6. The quantitative estimate of drug-likeness (QED) is 0.793. The maximum absolute atomic E-state index is 11.9. The van der Waals surface area contributed by atoms with Crippen molar-refractivity contribution in [3.8, 4) is 0 Å². The van der Waals surface area contributed by atoms with Gasteiger partial charge in [-0.1, -0.05) is 18.2 Å². The van der Waals surface area contributed by atoms with Gasteiger partial charge < -0.3 is 20.0 Å². The van der Waals surface area contributed by atoms with Crippen molar-refractivity contribution >= 4 is 17.6 Å². The van der Waals surface area contributed by atoms with E-state index in [1.54, 1.807) is 12.1 Å². The van der Waals surface area contributed by atoms with Crippen LogP contribution in [-0.2, 0) is 9.59 Å². The molecule has 7 heteroatoms. The van der Waals surface area contributed by atoms with Gasteiger partial charge in [0.25, 0.3) is 0 Å². The van der Waals surface area contributed by atoms with Crippen molar-refractivity contribution in [1.29, 1.82) is 0 Å². The smallest absolute Gasteiger partial charge is 0.328 e. The zero-order valence-corrected chi connectivity index (χ0v) is 13.6. The van der Waals surface area contributed by atoms with Gasteiger partial charge in [0, 0.05) is 31.8 Å². The van der Waals surface area contributed by atoms with Crippen molar-refractivity contribution < 1.29 is 19.8 Å². The first-order valence-electron chi connectivity index (χ1n) is 7.57. The second-order valence-electron chi connectivity index (χ2n) is 5.31. The summed E-state index contributed by atoms with van der Waals surface area (Å²) in [6.45, 7) is 4.06. The van der Waals surface area contributed by atoms with Gasteiger partial charge in [-0.15, -0.1) is 0 Å². The van der Waals surface area contributed by atoms with Crippen LogP contribution in [0.25, 0.3) is 0 Å². The standard InChI is InChI=1S/C13H18N2O.C4H4O4/c1-14-8-5-9-15(11-10-14)12-6-3-2-4-7-13(12)16;5-3(6)1-2-4(7)8/h2-4,6-7H,5,8-11H2,1H3;1-2H,(H,5,6)(H,7,8)/b;2-1-.